The van der Waals surface area contributed by atoms with Gasteiger partial charge in [-0.3, -0.25) is 4.79 Å². The molecule has 2 saturated heterocycles. The average molecular weight is 341 g/mol. The van der Waals surface area contributed by atoms with Gasteiger partial charge in [-0.1, -0.05) is 18.2 Å². The summed E-state index contributed by atoms with van der Waals surface area (Å²) in [6.45, 7) is 5.78. The number of carbonyl (C=O) groups is 2. The van der Waals surface area contributed by atoms with Gasteiger partial charge in [0.15, 0.2) is 0 Å². The Morgan fingerprint density at radius 3 is 2.80 bits per heavy atom. The number of carbonyl (C=O) groups excluding carboxylic acids is 2. The van der Waals surface area contributed by atoms with Crippen LogP contribution < -0.4 is 5.32 Å². The fraction of sp³-hybridized carbons (Fsp3) is 0.474. The van der Waals surface area contributed by atoms with Crippen LogP contribution in [0.1, 0.15) is 28.8 Å². The van der Waals surface area contributed by atoms with E-state index in [-0.39, 0.29) is 11.9 Å². The van der Waals surface area contributed by atoms with Crippen LogP contribution in [0.25, 0.3) is 11.0 Å². The van der Waals surface area contributed by atoms with Gasteiger partial charge in [-0.2, -0.15) is 0 Å². The molecule has 4 rings (SSSR count). The Labute approximate surface area is 146 Å². The highest BCUT2D eigenvalue weighted by Gasteiger charge is 2.29. The first kappa shape index (κ1) is 16.0. The maximum Gasteiger partial charge on any atom is 0.317 e. The molecule has 0 unspecified atom stereocenters. The second-order valence-electron chi connectivity index (χ2n) is 7.01. The van der Waals surface area contributed by atoms with Crippen molar-refractivity contribution in [1.82, 2.24) is 15.1 Å². The summed E-state index contributed by atoms with van der Waals surface area (Å²) in [5.41, 5.74) is 2.48. The molecule has 2 fully saturated rings. The smallest absolute Gasteiger partial charge is 0.317 e. The van der Waals surface area contributed by atoms with Gasteiger partial charge in [-0.15, -0.1) is 0 Å². The van der Waals surface area contributed by atoms with Crippen LogP contribution in [0.3, 0.4) is 0 Å². The topological polar surface area (TPSA) is 65.8 Å². The summed E-state index contributed by atoms with van der Waals surface area (Å²) in [6.07, 6.45) is 3.45. The molecule has 0 aliphatic carbocycles. The molecule has 2 aliphatic heterocycles. The largest absolute Gasteiger partial charge is 0.463 e. The number of nitrogens with one attached hydrogen (secondary N) is 1. The first-order valence-electron chi connectivity index (χ1n) is 8.92. The zero-order valence-corrected chi connectivity index (χ0v) is 14.5. The van der Waals surface area contributed by atoms with Crippen molar-refractivity contribution >= 4 is 22.9 Å². The van der Waals surface area contributed by atoms with E-state index in [1.54, 1.807) is 6.26 Å². The van der Waals surface area contributed by atoms with Crippen LogP contribution in [-0.2, 0) is 0 Å². The van der Waals surface area contributed by atoms with Crippen molar-refractivity contribution < 1.29 is 14.0 Å². The number of fused-ring (bicyclic) bond motifs is 1. The third-order valence-electron chi connectivity index (χ3n) is 5.35. The van der Waals surface area contributed by atoms with Crippen LogP contribution >= 0.6 is 0 Å². The summed E-state index contributed by atoms with van der Waals surface area (Å²) in [5, 5.41) is 3.73. The number of nitrogens with zero attached hydrogens (tertiary/aromatic N) is 2. The van der Waals surface area contributed by atoms with E-state index >= 15 is 0 Å². The van der Waals surface area contributed by atoms with E-state index in [2.05, 4.69) is 5.32 Å². The van der Waals surface area contributed by atoms with Gasteiger partial charge in [-0.05, 0) is 31.2 Å². The molecular weight excluding hydrogens is 318 g/mol. The monoisotopic (exact) mass is 341 g/mol. The number of urea groups is 1. The van der Waals surface area contributed by atoms with E-state index in [9.17, 15) is 9.59 Å². The lowest BCUT2D eigenvalue weighted by Gasteiger charge is -2.33. The summed E-state index contributed by atoms with van der Waals surface area (Å²) < 4.78 is 5.61. The third kappa shape index (κ3) is 2.97. The Kier molecular flexibility index (Phi) is 4.11. The van der Waals surface area contributed by atoms with E-state index in [0.29, 0.717) is 11.5 Å². The molecule has 0 saturated carbocycles. The summed E-state index contributed by atoms with van der Waals surface area (Å²) in [4.78, 5) is 28.3. The van der Waals surface area contributed by atoms with E-state index in [1.807, 2.05) is 34.9 Å². The number of likely N-dealkylation sites (tertiary alicyclic amines) is 1. The summed E-state index contributed by atoms with van der Waals surface area (Å²) in [5.74, 6) is 0.512. The number of amides is 3. The Hall–Kier alpha value is -2.50. The Morgan fingerprint density at radius 1 is 1.28 bits per heavy atom. The molecular formula is C19H23N3O3. The number of para-hydroxylation sites is 1. The summed E-state index contributed by atoms with van der Waals surface area (Å²) >= 11 is 0. The molecule has 6 nitrogen and oxygen atoms in total. The quantitative estimate of drug-likeness (QED) is 0.933. The molecule has 6 heteroatoms. The minimum Gasteiger partial charge on any atom is -0.463 e. The van der Waals surface area contributed by atoms with Gasteiger partial charge in [-0.25, -0.2) is 4.79 Å². The SMILES string of the molecule is Cc1cccc2c(C(=O)N3CCC(CN4CCNC4=O)CC3)coc12. The van der Waals surface area contributed by atoms with Crippen molar-refractivity contribution in [3.8, 4) is 0 Å². The lowest BCUT2D eigenvalue weighted by molar-refractivity contribution is 0.0678. The molecule has 1 N–H and O–H groups in total. The van der Waals surface area contributed by atoms with Gasteiger partial charge < -0.3 is 19.5 Å². The molecule has 0 radical (unpaired) electrons. The molecule has 132 valence electrons. The number of hydrogen-bond donors (Lipinski definition) is 1. The highest BCUT2D eigenvalue weighted by molar-refractivity contribution is 6.06. The van der Waals surface area contributed by atoms with Gasteiger partial charge >= 0.3 is 6.03 Å². The minimum absolute atomic E-state index is 0.0405. The van der Waals surface area contributed by atoms with Gasteiger partial charge in [0.2, 0.25) is 0 Å². The summed E-state index contributed by atoms with van der Waals surface area (Å²) in [7, 11) is 0. The van der Waals surface area contributed by atoms with Crippen molar-refractivity contribution in [2.45, 2.75) is 19.8 Å². The van der Waals surface area contributed by atoms with Crippen LogP contribution in [0, 0.1) is 12.8 Å². The Balaban J connectivity index is 1.41. The molecule has 1 aromatic heterocycles. The Bertz CT molecular complexity index is 805. The zero-order valence-electron chi connectivity index (χ0n) is 14.5. The highest BCUT2D eigenvalue weighted by atomic mass is 16.3. The van der Waals surface area contributed by atoms with Crippen LogP contribution in [-0.4, -0.2) is 54.5 Å². The van der Waals surface area contributed by atoms with Crippen molar-refractivity contribution in [3.63, 3.8) is 0 Å². The lowest BCUT2D eigenvalue weighted by Crippen LogP contribution is -2.42. The minimum atomic E-state index is 0.0405. The predicted octanol–water partition coefficient (Wildman–Crippen LogP) is 2.62. The van der Waals surface area contributed by atoms with Crippen LogP contribution in [0.2, 0.25) is 0 Å². The van der Waals surface area contributed by atoms with Gasteiger partial charge in [0, 0.05) is 38.1 Å². The van der Waals surface area contributed by atoms with E-state index < -0.39 is 0 Å². The van der Waals surface area contributed by atoms with Crippen LogP contribution in [0.5, 0.6) is 0 Å². The lowest BCUT2D eigenvalue weighted by atomic mass is 9.95. The van der Waals surface area contributed by atoms with E-state index in [0.717, 1.165) is 62.1 Å². The normalized spacial score (nSPS) is 18.8. The number of benzene rings is 1. The second-order valence-corrected chi connectivity index (χ2v) is 7.01. The number of rotatable bonds is 3. The Morgan fingerprint density at radius 2 is 2.08 bits per heavy atom. The number of hydrogen-bond acceptors (Lipinski definition) is 3. The van der Waals surface area contributed by atoms with Crippen molar-refractivity contribution in [2.75, 3.05) is 32.7 Å². The number of aryl methyl sites for hydroxylation is 1. The first-order valence-corrected chi connectivity index (χ1v) is 8.92. The molecule has 0 atom stereocenters. The highest BCUT2D eigenvalue weighted by Crippen LogP contribution is 2.27. The average Bonchev–Trinajstić information content (AvgIpc) is 3.23. The van der Waals surface area contributed by atoms with Crippen LogP contribution in [0.4, 0.5) is 4.79 Å². The summed E-state index contributed by atoms with van der Waals surface area (Å²) in [6, 6.07) is 5.92. The maximum absolute atomic E-state index is 12.9. The molecule has 0 spiro atoms. The second kappa shape index (κ2) is 6.43. The van der Waals surface area contributed by atoms with Gasteiger partial charge in [0.05, 0.1) is 5.56 Å². The molecule has 0 bridgehead atoms. The van der Waals surface area contributed by atoms with E-state index in [1.165, 1.54) is 0 Å². The molecule has 2 aliphatic rings. The molecule has 2 aromatic rings. The van der Waals surface area contributed by atoms with E-state index in [4.69, 9.17) is 4.42 Å². The maximum atomic E-state index is 12.9. The number of furan rings is 1. The van der Waals surface area contributed by atoms with Crippen molar-refractivity contribution in [3.05, 3.63) is 35.6 Å². The van der Waals surface area contributed by atoms with Gasteiger partial charge in [0.1, 0.15) is 11.8 Å². The zero-order chi connectivity index (χ0) is 17.4. The molecule has 25 heavy (non-hydrogen) atoms. The van der Waals surface area contributed by atoms with Crippen LogP contribution in [0.15, 0.2) is 28.9 Å². The fourth-order valence-corrected chi connectivity index (χ4v) is 3.85. The molecule has 3 heterocycles. The van der Waals surface area contributed by atoms with Crippen molar-refractivity contribution in [2.24, 2.45) is 5.92 Å². The number of piperidine rings is 1. The predicted molar refractivity (Wildman–Crippen MR) is 94.6 cm³/mol. The fourth-order valence-electron chi connectivity index (χ4n) is 3.85. The third-order valence-corrected chi connectivity index (χ3v) is 5.35. The standard InChI is InChI=1S/C19H23N3O3/c1-13-3-2-4-15-16(12-25-17(13)15)18(23)21-8-5-14(6-9-21)11-22-10-7-20-19(22)24/h2-4,12,14H,5-11H2,1H3,(H,20,24). The van der Waals surface area contributed by atoms with Gasteiger partial charge in [0.25, 0.3) is 5.91 Å². The first-order chi connectivity index (χ1) is 12.1. The molecule has 3 amide bonds. The molecule has 1 aromatic carbocycles. The van der Waals surface area contributed by atoms with Crippen molar-refractivity contribution in [1.29, 1.82) is 0 Å².